The summed E-state index contributed by atoms with van der Waals surface area (Å²) in [6, 6.07) is 67.9. The number of fused-ring (bicyclic) bond motifs is 10. The number of nitrogens with zero attached hydrogens (tertiary/aromatic N) is 1. The normalized spacial score (nSPS) is 11.8. The molecule has 0 saturated heterocycles. The first-order valence-corrected chi connectivity index (χ1v) is 18.8. The lowest BCUT2D eigenvalue weighted by molar-refractivity contribution is 0.673. The zero-order valence-electron chi connectivity index (χ0n) is 28.7. The molecule has 53 heavy (non-hydrogen) atoms. The summed E-state index contributed by atoms with van der Waals surface area (Å²) in [6.07, 6.45) is 0. The lowest BCUT2D eigenvalue weighted by Crippen LogP contribution is -2.09. The van der Waals surface area contributed by atoms with Gasteiger partial charge in [-0.15, -0.1) is 11.3 Å². The van der Waals surface area contributed by atoms with Gasteiger partial charge >= 0.3 is 0 Å². The van der Waals surface area contributed by atoms with Gasteiger partial charge in [-0.2, -0.15) is 0 Å². The average molecular weight is 694 g/mol. The van der Waals surface area contributed by atoms with E-state index in [1.54, 1.807) is 0 Å². The van der Waals surface area contributed by atoms with E-state index in [9.17, 15) is 0 Å². The number of hydrogen-bond donors (Lipinski definition) is 0. The van der Waals surface area contributed by atoms with Crippen LogP contribution in [0.4, 0.5) is 17.1 Å². The summed E-state index contributed by atoms with van der Waals surface area (Å²) < 4.78 is 9.09. The van der Waals surface area contributed by atoms with Gasteiger partial charge in [0.2, 0.25) is 0 Å². The Hall–Kier alpha value is -6.68. The van der Waals surface area contributed by atoms with Gasteiger partial charge < -0.3 is 9.32 Å². The molecule has 0 aliphatic heterocycles. The Morgan fingerprint density at radius 2 is 1.06 bits per heavy atom. The highest BCUT2D eigenvalue weighted by Gasteiger charge is 2.19. The lowest BCUT2D eigenvalue weighted by Gasteiger charge is -2.26. The van der Waals surface area contributed by atoms with Gasteiger partial charge in [0.25, 0.3) is 0 Å². The fourth-order valence-electron chi connectivity index (χ4n) is 8.16. The van der Waals surface area contributed by atoms with E-state index >= 15 is 0 Å². The standard InChI is InChI=1S/C50H31NOS/c1-2-10-32(11-3-1)36-15-8-16-38(30-36)51(37-23-20-35(21-24-37)41-19-9-14-33-12-4-6-17-40(33)41)39-25-27-43-47(31-39)53-46-29-28-45-48(49(43)46)44-26-22-34-13-5-7-18-42(34)50(44)52-45/h1-31H. The minimum absolute atomic E-state index is 0.929. The SMILES string of the molecule is c1ccc(-c2cccc(N(c3ccc(-c4cccc5ccccc45)cc3)c3ccc4c(c3)sc3ccc5oc6c7ccccc7ccc6c5c34)c2)cc1. The number of thiophene rings is 1. The van der Waals surface area contributed by atoms with Crippen LogP contribution in [0.25, 0.3) is 85.9 Å². The van der Waals surface area contributed by atoms with Gasteiger partial charge in [0.15, 0.2) is 0 Å². The molecule has 2 aromatic heterocycles. The summed E-state index contributed by atoms with van der Waals surface area (Å²) >= 11 is 1.85. The van der Waals surface area contributed by atoms with Gasteiger partial charge in [-0.05, 0) is 93.0 Å². The van der Waals surface area contributed by atoms with Crippen LogP contribution in [0.2, 0.25) is 0 Å². The molecule has 0 aliphatic carbocycles. The fraction of sp³-hybridized carbons (Fsp3) is 0. The minimum Gasteiger partial charge on any atom is -0.455 e. The molecule has 0 radical (unpaired) electrons. The molecule has 0 unspecified atom stereocenters. The maximum atomic E-state index is 6.58. The van der Waals surface area contributed by atoms with Gasteiger partial charge in [-0.3, -0.25) is 0 Å². The summed E-state index contributed by atoms with van der Waals surface area (Å²) in [5.41, 5.74) is 10.0. The first-order valence-electron chi connectivity index (χ1n) is 18.0. The molecule has 0 bridgehead atoms. The van der Waals surface area contributed by atoms with Gasteiger partial charge in [0.05, 0.1) is 0 Å². The summed E-state index contributed by atoms with van der Waals surface area (Å²) in [5.74, 6) is 0. The van der Waals surface area contributed by atoms with E-state index in [2.05, 4.69) is 193 Å². The van der Waals surface area contributed by atoms with Crippen molar-refractivity contribution in [1.82, 2.24) is 0 Å². The second kappa shape index (κ2) is 11.9. The van der Waals surface area contributed by atoms with Gasteiger partial charge in [-0.1, -0.05) is 133 Å². The van der Waals surface area contributed by atoms with E-state index in [1.807, 2.05) is 11.3 Å². The van der Waals surface area contributed by atoms with Gasteiger partial charge in [0, 0.05) is 53.4 Å². The van der Waals surface area contributed by atoms with Crippen molar-refractivity contribution in [2.45, 2.75) is 0 Å². The highest BCUT2D eigenvalue weighted by atomic mass is 32.1. The molecule has 0 N–H and O–H groups in total. The smallest absolute Gasteiger partial charge is 0.143 e. The number of anilines is 3. The Bertz CT molecular complexity index is 3170. The van der Waals surface area contributed by atoms with Crippen LogP contribution in [0.5, 0.6) is 0 Å². The van der Waals surface area contributed by atoms with E-state index in [0.29, 0.717) is 0 Å². The van der Waals surface area contributed by atoms with Gasteiger partial charge in [-0.25, -0.2) is 0 Å². The molecule has 2 nitrogen and oxygen atoms in total. The number of benzene rings is 9. The largest absolute Gasteiger partial charge is 0.455 e. The number of rotatable bonds is 5. The Labute approximate surface area is 310 Å². The molecule has 0 aliphatic rings. The van der Waals surface area contributed by atoms with Crippen LogP contribution in [-0.2, 0) is 0 Å². The number of furan rings is 1. The van der Waals surface area contributed by atoms with E-state index in [-0.39, 0.29) is 0 Å². The van der Waals surface area contributed by atoms with E-state index in [4.69, 9.17) is 4.42 Å². The maximum absolute atomic E-state index is 6.58. The molecular weight excluding hydrogens is 663 g/mol. The molecule has 0 atom stereocenters. The van der Waals surface area contributed by atoms with Crippen molar-refractivity contribution in [3.8, 4) is 22.3 Å². The van der Waals surface area contributed by atoms with Crippen molar-refractivity contribution in [2.75, 3.05) is 4.90 Å². The second-order valence-corrected chi connectivity index (χ2v) is 14.8. The summed E-state index contributed by atoms with van der Waals surface area (Å²) in [6.45, 7) is 0. The fourth-order valence-corrected chi connectivity index (χ4v) is 9.31. The summed E-state index contributed by atoms with van der Waals surface area (Å²) in [5, 5.41) is 9.72. The Balaban J connectivity index is 1.09. The molecule has 0 saturated carbocycles. The molecule has 248 valence electrons. The average Bonchev–Trinajstić information content (AvgIpc) is 3.80. The van der Waals surface area contributed by atoms with Crippen LogP contribution in [-0.4, -0.2) is 0 Å². The first-order chi connectivity index (χ1) is 26.3. The monoisotopic (exact) mass is 693 g/mol. The molecule has 0 fully saturated rings. The third-order valence-corrected chi connectivity index (χ3v) is 11.8. The first kappa shape index (κ1) is 30.0. The maximum Gasteiger partial charge on any atom is 0.143 e. The van der Waals surface area contributed by atoms with Crippen molar-refractivity contribution < 1.29 is 4.42 Å². The predicted molar refractivity (Wildman–Crippen MR) is 227 cm³/mol. The zero-order valence-corrected chi connectivity index (χ0v) is 29.5. The molecule has 0 amide bonds. The molecular formula is C50H31NOS. The van der Waals surface area contributed by atoms with Crippen LogP contribution in [0.1, 0.15) is 0 Å². The number of hydrogen-bond acceptors (Lipinski definition) is 3. The molecule has 3 heteroatoms. The van der Waals surface area contributed by atoms with Crippen LogP contribution in [0.3, 0.4) is 0 Å². The zero-order chi connectivity index (χ0) is 34.9. The molecule has 2 heterocycles. The summed E-state index contributed by atoms with van der Waals surface area (Å²) in [4.78, 5) is 2.39. The highest BCUT2D eigenvalue weighted by molar-refractivity contribution is 7.26. The third kappa shape index (κ3) is 4.86. The van der Waals surface area contributed by atoms with Gasteiger partial charge in [0.1, 0.15) is 11.2 Å². The van der Waals surface area contributed by atoms with Crippen molar-refractivity contribution in [1.29, 1.82) is 0 Å². The Morgan fingerprint density at radius 3 is 1.92 bits per heavy atom. The van der Waals surface area contributed by atoms with E-state index < -0.39 is 0 Å². The highest BCUT2D eigenvalue weighted by Crippen LogP contribution is 2.46. The second-order valence-electron chi connectivity index (χ2n) is 13.7. The van der Waals surface area contributed by atoms with Crippen molar-refractivity contribution in [2.24, 2.45) is 0 Å². The quantitative estimate of drug-likeness (QED) is 0.178. The third-order valence-electron chi connectivity index (χ3n) is 10.6. The Morgan fingerprint density at radius 1 is 0.377 bits per heavy atom. The van der Waals surface area contributed by atoms with Crippen LogP contribution < -0.4 is 4.90 Å². The Kier molecular flexibility index (Phi) is 6.76. The summed E-state index contributed by atoms with van der Waals surface area (Å²) in [7, 11) is 0. The van der Waals surface area contributed by atoms with Crippen molar-refractivity contribution in [3.63, 3.8) is 0 Å². The topological polar surface area (TPSA) is 16.4 Å². The van der Waals surface area contributed by atoms with Crippen LogP contribution >= 0.6 is 11.3 Å². The van der Waals surface area contributed by atoms with Crippen molar-refractivity contribution >= 4 is 92.1 Å². The van der Waals surface area contributed by atoms with Crippen molar-refractivity contribution in [3.05, 3.63) is 188 Å². The molecule has 0 spiro atoms. The predicted octanol–water partition coefficient (Wildman–Crippen LogP) is 15.1. The van der Waals surface area contributed by atoms with E-state index in [0.717, 1.165) is 33.6 Å². The molecule has 11 aromatic rings. The van der Waals surface area contributed by atoms with Crippen LogP contribution in [0, 0.1) is 0 Å². The van der Waals surface area contributed by atoms with E-state index in [1.165, 1.54) is 69.4 Å². The minimum atomic E-state index is 0.929. The molecule has 11 rings (SSSR count). The molecule has 9 aromatic carbocycles. The van der Waals surface area contributed by atoms with Crippen LogP contribution in [0.15, 0.2) is 192 Å². The lowest BCUT2D eigenvalue weighted by atomic mass is 9.98.